The summed E-state index contributed by atoms with van der Waals surface area (Å²) in [5.41, 5.74) is 0.920. The second kappa shape index (κ2) is 8.08. The number of allylic oxidation sites excluding steroid dienone is 2. The molecule has 2 aromatic rings. The standard InChI is InChI=1S/C18H18NO2PS/c1-2-21-22(23,16-11-7-4-8-12-16)18(14-19)17(20)13-15-9-5-3-6-10-15/h3-12,20H,2,13H2,1H3. The lowest BCUT2D eigenvalue weighted by molar-refractivity contribution is 0.376. The van der Waals surface area contributed by atoms with Crippen molar-refractivity contribution in [3.8, 4) is 6.07 Å². The Morgan fingerprint density at radius 1 is 1.13 bits per heavy atom. The fourth-order valence-electron chi connectivity index (χ4n) is 2.25. The maximum atomic E-state index is 10.5. The Morgan fingerprint density at radius 2 is 1.70 bits per heavy atom. The minimum absolute atomic E-state index is 0.0145. The lowest BCUT2D eigenvalue weighted by atomic mass is 10.1. The van der Waals surface area contributed by atoms with Crippen LogP contribution in [0.5, 0.6) is 0 Å². The normalized spacial score (nSPS) is 14.4. The van der Waals surface area contributed by atoms with Crippen LogP contribution >= 0.6 is 6.26 Å². The number of nitrogens with zero attached hydrogens (tertiary/aromatic N) is 1. The second-order valence-electron chi connectivity index (χ2n) is 4.87. The lowest BCUT2D eigenvalue weighted by Gasteiger charge is -2.22. The molecule has 1 unspecified atom stereocenters. The van der Waals surface area contributed by atoms with E-state index < -0.39 is 6.26 Å². The van der Waals surface area contributed by atoms with Crippen LogP contribution in [0, 0.1) is 11.3 Å². The van der Waals surface area contributed by atoms with Gasteiger partial charge in [0.2, 0.25) is 0 Å². The van der Waals surface area contributed by atoms with Crippen LogP contribution in [0.25, 0.3) is 0 Å². The fourth-order valence-corrected chi connectivity index (χ4v) is 5.38. The van der Waals surface area contributed by atoms with E-state index in [9.17, 15) is 10.4 Å². The minimum Gasteiger partial charge on any atom is -0.510 e. The van der Waals surface area contributed by atoms with Crippen LogP contribution in [0.15, 0.2) is 71.7 Å². The van der Waals surface area contributed by atoms with Crippen LogP contribution in [0.3, 0.4) is 0 Å². The largest absolute Gasteiger partial charge is 0.510 e. The third kappa shape index (κ3) is 4.09. The van der Waals surface area contributed by atoms with Crippen molar-refractivity contribution < 1.29 is 9.63 Å². The van der Waals surface area contributed by atoms with E-state index in [0.717, 1.165) is 10.9 Å². The highest BCUT2D eigenvalue weighted by Gasteiger charge is 2.29. The summed E-state index contributed by atoms with van der Waals surface area (Å²) in [5, 5.41) is 21.1. The molecule has 0 saturated heterocycles. The summed E-state index contributed by atoms with van der Waals surface area (Å²) in [6.45, 7) is 2.23. The van der Waals surface area contributed by atoms with Crippen molar-refractivity contribution >= 4 is 23.4 Å². The first kappa shape index (κ1) is 17.4. The number of benzene rings is 2. The SMILES string of the molecule is CCOP(=S)(C(C#N)=C(O)Cc1ccccc1)c1ccccc1. The Morgan fingerprint density at radius 3 is 2.22 bits per heavy atom. The molecule has 0 bridgehead atoms. The smallest absolute Gasteiger partial charge is 0.136 e. The molecule has 0 saturated carbocycles. The molecule has 1 N–H and O–H groups in total. The third-order valence-electron chi connectivity index (χ3n) is 3.30. The summed E-state index contributed by atoms with van der Waals surface area (Å²) >= 11 is 5.73. The molecular weight excluding hydrogens is 325 g/mol. The molecular formula is C18H18NO2PS. The van der Waals surface area contributed by atoms with Gasteiger partial charge in [0.1, 0.15) is 23.4 Å². The maximum absolute atomic E-state index is 10.5. The Bertz CT molecular complexity index is 767. The van der Waals surface area contributed by atoms with Crippen LogP contribution in [-0.2, 0) is 22.8 Å². The molecule has 0 spiro atoms. The number of hydrogen-bond acceptors (Lipinski definition) is 4. The predicted molar refractivity (Wildman–Crippen MR) is 97.4 cm³/mol. The second-order valence-corrected chi connectivity index (χ2v) is 8.74. The third-order valence-corrected chi connectivity index (χ3v) is 7.34. The minimum atomic E-state index is -2.77. The Labute approximate surface area is 141 Å². The van der Waals surface area contributed by atoms with Crippen molar-refractivity contribution in [1.82, 2.24) is 0 Å². The first-order valence-corrected chi connectivity index (χ1v) is 10.0. The summed E-state index contributed by atoms with van der Waals surface area (Å²) in [5.74, 6) is -0.0145. The fraction of sp³-hybridized carbons (Fsp3) is 0.167. The van der Waals surface area contributed by atoms with E-state index in [4.69, 9.17) is 16.3 Å². The summed E-state index contributed by atoms with van der Waals surface area (Å²) in [6, 6.07) is 20.9. The Kier molecular flexibility index (Phi) is 6.12. The molecule has 118 valence electrons. The molecule has 1 atom stereocenters. The number of aliphatic hydroxyl groups excluding tert-OH is 1. The van der Waals surface area contributed by atoms with Gasteiger partial charge in [-0.05, 0) is 12.5 Å². The first-order valence-electron chi connectivity index (χ1n) is 7.28. The van der Waals surface area contributed by atoms with E-state index in [1.807, 2.05) is 67.6 Å². The molecule has 23 heavy (non-hydrogen) atoms. The van der Waals surface area contributed by atoms with Crippen LogP contribution in [0.2, 0.25) is 0 Å². The molecule has 5 heteroatoms. The van der Waals surface area contributed by atoms with E-state index in [2.05, 4.69) is 6.07 Å². The zero-order valence-electron chi connectivity index (χ0n) is 12.8. The maximum Gasteiger partial charge on any atom is 0.136 e. The van der Waals surface area contributed by atoms with Gasteiger partial charge in [0.25, 0.3) is 0 Å². The quantitative estimate of drug-likeness (QED) is 0.483. The van der Waals surface area contributed by atoms with Gasteiger partial charge in [-0.3, -0.25) is 0 Å². The Hall–Kier alpha value is -1.92. The molecule has 0 amide bonds. The van der Waals surface area contributed by atoms with Crippen molar-refractivity contribution in [2.24, 2.45) is 0 Å². The predicted octanol–water partition coefficient (Wildman–Crippen LogP) is 4.28. The highest BCUT2D eigenvalue weighted by atomic mass is 32.4. The zero-order chi connectivity index (χ0) is 16.7. The van der Waals surface area contributed by atoms with Gasteiger partial charge in [0, 0.05) is 18.3 Å². The number of aliphatic hydroxyl groups is 1. The molecule has 0 aromatic heterocycles. The number of nitriles is 1. The van der Waals surface area contributed by atoms with Crippen molar-refractivity contribution in [2.45, 2.75) is 13.3 Å². The molecule has 0 radical (unpaired) electrons. The van der Waals surface area contributed by atoms with Gasteiger partial charge >= 0.3 is 0 Å². The summed E-state index contributed by atoms with van der Waals surface area (Å²) < 4.78 is 5.81. The van der Waals surface area contributed by atoms with Crippen molar-refractivity contribution in [2.75, 3.05) is 6.61 Å². The molecule has 2 aromatic carbocycles. The van der Waals surface area contributed by atoms with Crippen LogP contribution in [-0.4, -0.2) is 11.7 Å². The van der Waals surface area contributed by atoms with Crippen LogP contribution in [0.4, 0.5) is 0 Å². The molecule has 2 rings (SSSR count). The van der Waals surface area contributed by atoms with Gasteiger partial charge in [-0.15, -0.1) is 0 Å². The van der Waals surface area contributed by atoms with Crippen LogP contribution in [0.1, 0.15) is 12.5 Å². The summed E-state index contributed by atoms with van der Waals surface area (Å²) in [7, 11) is 0. The van der Waals surface area contributed by atoms with Gasteiger partial charge in [0.15, 0.2) is 0 Å². The lowest BCUT2D eigenvalue weighted by Crippen LogP contribution is -2.10. The zero-order valence-corrected chi connectivity index (χ0v) is 14.6. The van der Waals surface area contributed by atoms with Gasteiger partial charge in [-0.2, -0.15) is 5.26 Å². The van der Waals surface area contributed by atoms with E-state index in [-0.39, 0.29) is 17.5 Å². The van der Waals surface area contributed by atoms with E-state index in [1.54, 1.807) is 0 Å². The number of rotatable bonds is 6. The van der Waals surface area contributed by atoms with E-state index >= 15 is 0 Å². The molecule has 0 aliphatic rings. The van der Waals surface area contributed by atoms with Crippen molar-refractivity contribution in [3.63, 3.8) is 0 Å². The van der Waals surface area contributed by atoms with E-state index in [1.165, 1.54) is 0 Å². The van der Waals surface area contributed by atoms with Gasteiger partial charge in [0.05, 0.1) is 0 Å². The molecule has 0 aliphatic carbocycles. The van der Waals surface area contributed by atoms with Gasteiger partial charge in [-0.25, -0.2) is 0 Å². The number of hydrogen-bond donors (Lipinski definition) is 1. The van der Waals surface area contributed by atoms with Gasteiger partial charge in [-0.1, -0.05) is 72.5 Å². The molecule has 0 heterocycles. The highest BCUT2D eigenvalue weighted by Crippen LogP contribution is 2.55. The van der Waals surface area contributed by atoms with Crippen LogP contribution < -0.4 is 5.30 Å². The summed E-state index contributed by atoms with van der Waals surface area (Å²) in [4.78, 5) is 0. The van der Waals surface area contributed by atoms with E-state index in [0.29, 0.717) is 6.61 Å². The Balaban J connectivity index is 2.49. The molecule has 0 fully saturated rings. The topological polar surface area (TPSA) is 53.2 Å². The van der Waals surface area contributed by atoms with Crippen molar-refractivity contribution in [3.05, 3.63) is 77.3 Å². The monoisotopic (exact) mass is 343 g/mol. The summed E-state index contributed by atoms with van der Waals surface area (Å²) in [6.07, 6.45) is -2.51. The van der Waals surface area contributed by atoms with Crippen molar-refractivity contribution in [1.29, 1.82) is 5.26 Å². The highest BCUT2D eigenvalue weighted by molar-refractivity contribution is 8.18. The van der Waals surface area contributed by atoms with Gasteiger partial charge < -0.3 is 9.63 Å². The molecule has 3 nitrogen and oxygen atoms in total. The molecule has 0 aliphatic heterocycles. The average molecular weight is 343 g/mol. The first-order chi connectivity index (χ1) is 11.1. The average Bonchev–Trinajstić information content (AvgIpc) is 2.57.